The van der Waals surface area contributed by atoms with Gasteiger partial charge in [0.15, 0.2) is 0 Å². The monoisotopic (exact) mass is 410 g/mol. The van der Waals surface area contributed by atoms with Crippen molar-refractivity contribution < 1.29 is 9.50 Å². The van der Waals surface area contributed by atoms with Crippen LogP contribution in [0.1, 0.15) is 12.6 Å². The van der Waals surface area contributed by atoms with Crippen LogP contribution in [0.2, 0.25) is 0 Å². The van der Waals surface area contributed by atoms with Crippen LogP contribution in [-0.4, -0.2) is 14.7 Å². The highest BCUT2D eigenvalue weighted by atomic mass is 79.9. The summed E-state index contributed by atoms with van der Waals surface area (Å²) in [5.41, 5.74) is 4.07. The summed E-state index contributed by atoms with van der Waals surface area (Å²) in [6, 6.07) is 16.1. The molecule has 0 aliphatic heterocycles. The minimum absolute atomic E-state index is 0.186. The second-order valence-corrected chi connectivity index (χ2v) is 6.76. The van der Waals surface area contributed by atoms with Crippen LogP contribution in [0.15, 0.2) is 65.4 Å². The van der Waals surface area contributed by atoms with Crippen LogP contribution in [0.3, 0.4) is 0 Å². The first-order valence-corrected chi connectivity index (χ1v) is 9.13. The van der Waals surface area contributed by atoms with Crippen molar-refractivity contribution >= 4 is 26.8 Å². The first kappa shape index (κ1) is 16.8. The summed E-state index contributed by atoms with van der Waals surface area (Å²) in [5, 5.41) is 11.6. The maximum atomic E-state index is 13.4. The topological polar surface area (TPSA) is 38.1 Å². The molecule has 0 saturated carbocycles. The lowest BCUT2D eigenvalue weighted by atomic mass is 10.0. The number of hydrogen-bond donors (Lipinski definition) is 1. The highest BCUT2D eigenvalue weighted by Crippen LogP contribution is 2.44. The van der Waals surface area contributed by atoms with Crippen molar-refractivity contribution in [3.8, 4) is 22.6 Å². The van der Waals surface area contributed by atoms with Crippen molar-refractivity contribution in [1.82, 2.24) is 9.55 Å². The van der Waals surface area contributed by atoms with Crippen molar-refractivity contribution in [2.24, 2.45) is 0 Å². The zero-order chi connectivity index (χ0) is 18.3. The zero-order valence-corrected chi connectivity index (χ0v) is 15.7. The third-order valence-electron chi connectivity index (χ3n) is 4.48. The lowest BCUT2D eigenvalue weighted by molar-refractivity contribution is 0.472. The molecule has 0 spiro atoms. The highest BCUT2D eigenvalue weighted by molar-refractivity contribution is 9.10. The molecule has 0 fully saturated rings. The molecule has 0 aliphatic rings. The molecule has 0 saturated heterocycles. The van der Waals surface area contributed by atoms with Gasteiger partial charge in [0.05, 0.1) is 27.4 Å². The zero-order valence-electron chi connectivity index (χ0n) is 14.1. The molecule has 130 valence electrons. The maximum Gasteiger partial charge on any atom is 0.147 e. The van der Waals surface area contributed by atoms with Crippen molar-refractivity contribution in [2.75, 3.05) is 0 Å². The van der Waals surface area contributed by atoms with E-state index < -0.39 is 0 Å². The first-order chi connectivity index (χ1) is 12.6. The lowest BCUT2D eigenvalue weighted by Crippen LogP contribution is -1.96. The number of halogens is 2. The smallest absolute Gasteiger partial charge is 0.147 e. The summed E-state index contributed by atoms with van der Waals surface area (Å²) in [6.07, 6.45) is 2.39. The molecule has 5 heteroatoms. The quantitative estimate of drug-likeness (QED) is 0.459. The second kappa shape index (κ2) is 6.57. The largest absolute Gasteiger partial charge is 0.505 e. The molecule has 3 nitrogen and oxygen atoms in total. The van der Waals surface area contributed by atoms with Gasteiger partial charge in [-0.2, -0.15) is 0 Å². The van der Waals surface area contributed by atoms with Gasteiger partial charge in [0.1, 0.15) is 11.6 Å². The number of aromatic nitrogens is 2. The average molecular weight is 411 g/mol. The van der Waals surface area contributed by atoms with Crippen molar-refractivity contribution in [3.05, 3.63) is 76.9 Å². The van der Waals surface area contributed by atoms with E-state index >= 15 is 0 Å². The molecule has 26 heavy (non-hydrogen) atoms. The Balaban J connectivity index is 2.13. The third kappa shape index (κ3) is 2.59. The molecule has 0 aliphatic carbocycles. The van der Waals surface area contributed by atoms with Crippen LogP contribution < -0.4 is 0 Å². The SMILES string of the molecule is CCc1ncc2c(c1O)c(-c1ccccc1)c(Br)n2-c1ccc(F)cc1. The number of hydrogen-bond acceptors (Lipinski definition) is 2. The summed E-state index contributed by atoms with van der Waals surface area (Å²) in [4.78, 5) is 4.41. The Morgan fingerprint density at radius 2 is 1.77 bits per heavy atom. The van der Waals surface area contributed by atoms with E-state index in [0.717, 1.165) is 32.3 Å². The Morgan fingerprint density at radius 3 is 2.42 bits per heavy atom. The van der Waals surface area contributed by atoms with Gasteiger partial charge in [0, 0.05) is 11.3 Å². The number of fused-ring (bicyclic) bond motifs is 1. The first-order valence-electron chi connectivity index (χ1n) is 8.34. The summed E-state index contributed by atoms with van der Waals surface area (Å²) < 4.78 is 16.1. The van der Waals surface area contributed by atoms with Gasteiger partial charge in [-0.3, -0.25) is 4.98 Å². The van der Waals surface area contributed by atoms with E-state index in [1.807, 2.05) is 41.8 Å². The third-order valence-corrected chi connectivity index (χ3v) is 5.24. The van der Waals surface area contributed by atoms with Gasteiger partial charge in [-0.1, -0.05) is 37.3 Å². The Hall–Kier alpha value is -2.66. The number of benzene rings is 2. The second-order valence-electron chi connectivity index (χ2n) is 6.01. The normalized spacial score (nSPS) is 11.2. The molecule has 2 aromatic carbocycles. The molecule has 2 aromatic heterocycles. The molecule has 2 heterocycles. The van der Waals surface area contributed by atoms with Crippen molar-refractivity contribution in [2.45, 2.75) is 13.3 Å². The molecule has 0 bridgehead atoms. The molecule has 4 rings (SSSR count). The van der Waals surface area contributed by atoms with Gasteiger partial charge in [-0.15, -0.1) is 0 Å². The summed E-state index contributed by atoms with van der Waals surface area (Å²) in [7, 11) is 0. The van der Waals surface area contributed by atoms with Crippen LogP contribution in [0.5, 0.6) is 5.75 Å². The molecule has 4 aromatic rings. The Labute approximate surface area is 158 Å². The average Bonchev–Trinajstić information content (AvgIpc) is 2.96. The van der Waals surface area contributed by atoms with Crippen LogP contribution in [-0.2, 0) is 6.42 Å². The predicted molar refractivity (Wildman–Crippen MR) is 105 cm³/mol. The predicted octanol–water partition coefficient (Wildman–Crippen LogP) is 5.86. The molecule has 0 unspecified atom stereocenters. The van der Waals surface area contributed by atoms with Crippen LogP contribution in [0.25, 0.3) is 27.7 Å². The molecule has 0 radical (unpaired) electrons. The van der Waals surface area contributed by atoms with E-state index in [2.05, 4.69) is 20.9 Å². The summed E-state index contributed by atoms with van der Waals surface area (Å²) in [6.45, 7) is 1.96. The van der Waals surface area contributed by atoms with Gasteiger partial charge >= 0.3 is 0 Å². The van der Waals surface area contributed by atoms with Gasteiger partial charge in [-0.05, 0) is 52.2 Å². The van der Waals surface area contributed by atoms with Gasteiger partial charge in [-0.25, -0.2) is 4.39 Å². The van der Waals surface area contributed by atoms with E-state index in [1.54, 1.807) is 18.3 Å². The van der Waals surface area contributed by atoms with E-state index in [4.69, 9.17) is 0 Å². The molecule has 1 N–H and O–H groups in total. The molecule has 0 amide bonds. The van der Waals surface area contributed by atoms with Gasteiger partial charge in [0.2, 0.25) is 0 Å². The fourth-order valence-electron chi connectivity index (χ4n) is 3.24. The highest BCUT2D eigenvalue weighted by Gasteiger charge is 2.22. The molecular formula is C21H16BrFN2O. The van der Waals surface area contributed by atoms with Crippen LogP contribution in [0, 0.1) is 5.82 Å². The van der Waals surface area contributed by atoms with Crippen LogP contribution >= 0.6 is 15.9 Å². The minimum Gasteiger partial charge on any atom is -0.505 e. The summed E-state index contributed by atoms with van der Waals surface area (Å²) in [5.74, 6) is -0.107. The minimum atomic E-state index is -0.293. The molecular weight excluding hydrogens is 395 g/mol. The summed E-state index contributed by atoms with van der Waals surface area (Å²) >= 11 is 3.70. The fraction of sp³-hybridized carbons (Fsp3) is 0.0952. The number of nitrogens with zero attached hydrogens (tertiary/aromatic N) is 2. The van der Waals surface area contributed by atoms with E-state index in [1.165, 1.54) is 12.1 Å². The van der Waals surface area contributed by atoms with Crippen LogP contribution in [0.4, 0.5) is 4.39 Å². The Bertz CT molecular complexity index is 1090. The Morgan fingerprint density at radius 1 is 1.08 bits per heavy atom. The standard InChI is InChI=1S/C21H16BrFN2O/c1-2-16-20(26)19-17(12-24-16)25(15-10-8-14(23)9-11-15)21(22)18(19)13-6-4-3-5-7-13/h3-12,26H,2H2,1H3. The van der Waals surface area contributed by atoms with E-state index in [-0.39, 0.29) is 11.6 Å². The van der Waals surface area contributed by atoms with Gasteiger partial charge < -0.3 is 9.67 Å². The number of aryl methyl sites for hydroxylation is 1. The van der Waals surface area contributed by atoms with Gasteiger partial charge in [0.25, 0.3) is 0 Å². The fourth-order valence-corrected chi connectivity index (χ4v) is 4.06. The Kier molecular flexibility index (Phi) is 4.24. The maximum absolute atomic E-state index is 13.4. The van der Waals surface area contributed by atoms with Crippen molar-refractivity contribution in [3.63, 3.8) is 0 Å². The number of rotatable bonds is 3. The van der Waals surface area contributed by atoms with E-state index in [9.17, 15) is 9.50 Å². The van der Waals surface area contributed by atoms with E-state index in [0.29, 0.717) is 12.1 Å². The lowest BCUT2D eigenvalue weighted by Gasteiger charge is -2.08. The molecule has 0 atom stereocenters. The van der Waals surface area contributed by atoms with Crippen molar-refractivity contribution in [1.29, 1.82) is 0 Å². The number of aromatic hydroxyl groups is 1. The number of pyridine rings is 1.